The fourth-order valence-electron chi connectivity index (χ4n) is 2.02. The van der Waals surface area contributed by atoms with Gasteiger partial charge in [-0.15, -0.1) is 5.10 Å². The van der Waals surface area contributed by atoms with Crippen LogP contribution in [0.15, 0.2) is 24.4 Å². The molecule has 2 aromatic rings. The van der Waals surface area contributed by atoms with Crippen molar-refractivity contribution < 1.29 is 4.79 Å². The third-order valence-electron chi connectivity index (χ3n) is 2.94. The first-order valence-electron chi connectivity index (χ1n) is 5.40. The predicted octanol–water partition coefficient (Wildman–Crippen LogP) is 1.71. The highest BCUT2D eigenvalue weighted by Gasteiger charge is 2.24. The maximum atomic E-state index is 11.6. The molecule has 1 aromatic carbocycles. The molecule has 5 nitrogen and oxygen atoms in total. The number of rotatable bonds is 1. The fraction of sp³-hybridized carbons (Fsp3) is 0.167. The van der Waals surface area contributed by atoms with Crippen molar-refractivity contribution in [2.45, 2.75) is 6.42 Å². The molecule has 90 valence electrons. The summed E-state index contributed by atoms with van der Waals surface area (Å²) in [6, 6.07) is 5.66. The van der Waals surface area contributed by atoms with E-state index in [1.165, 1.54) is 6.20 Å². The molecule has 18 heavy (non-hydrogen) atoms. The van der Waals surface area contributed by atoms with Crippen LogP contribution in [0.3, 0.4) is 0 Å². The average molecular weight is 261 g/mol. The van der Waals surface area contributed by atoms with Crippen molar-refractivity contribution in [3.63, 3.8) is 0 Å². The molecule has 3 rings (SSSR count). The molecule has 0 spiro atoms. The molecule has 1 aliphatic heterocycles. The molecular weight excluding hydrogens is 252 g/mol. The lowest BCUT2D eigenvalue weighted by atomic mass is 10.1. The first-order chi connectivity index (χ1) is 8.65. The number of amides is 1. The fourth-order valence-corrected chi connectivity index (χ4v) is 2.14. The number of fused-ring (bicyclic) bond motifs is 1. The summed E-state index contributed by atoms with van der Waals surface area (Å²) in [5, 5.41) is 7.99. The van der Waals surface area contributed by atoms with Crippen LogP contribution in [0.25, 0.3) is 11.4 Å². The lowest BCUT2D eigenvalue weighted by Crippen LogP contribution is -2.20. The van der Waals surface area contributed by atoms with Gasteiger partial charge < -0.3 is 4.90 Å². The van der Waals surface area contributed by atoms with Crippen LogP contribution < -0.4 is 4.90 Å². The van der Waals surface area contributed by atoms with Gasteiger partial charge in [0, 0.05) is 18.3 Å². The van der Waals surface area contributed by atoms with Gasteiger partial charge in [0.2, 0.25) is 5.91 Å². The maximum Gasteiger partial charge on any atom is 0.231 e. The molecule has 1 aromatic heterocycles. The van der Waals surface area contributed by atoms with Crippen molar-refractivity contribution in [2.24, 2.45) is 0 Å². The molecule has 2 heterocycles. The van der Waals surface area contributed by atoms with Gasteiger partial charge in [0.05, 0.1) is 12.6 Å². The monoisotopic (exact) mass is 260 g/mol. The van der Waals surface area contributed by atoms with Crippen LogP contribution in [0.1, 0.15) is 5.56 Å². The Morgan fingerprint density at radius 2 is 2.22 bits per heavy atom. The van der Waals surface area contributed by atoms with Gasteiger partial charge >= 0.3 is 0 Å². The Labute approximate surface area is 108 Å². The van der Waals surface area contributed by atoms with Crippen molar-refractivity contribution in [3.8, 4) is 11.4 Å². The van der Waals surface area contributed by atoms with Gasteiger partial charge in [0.15, 0.2) is 11.0 Å². The number of halogens is 1. The van der Waals surface area contributed by atoms with Crippen LogP contribution in [0, 0.1) is 0 Å². The normalized spacial score (nSPS) is 13.9. The number of nitrogens with zero attached hydrogens (tertiary/aromatic N) is 4. The summed E-state index contributed by atoms with van der Waals surface area (Å²) >= 11 is 5.78. The Balaban J connectivity index is 2.07. The van der Waals surface area contributed by atoms with E-state index >= 15 is 0 Å². The van der Waals surface area contributed by atoms with E-state index in [0.717, 1.165) is 16.8 Å². The topological polar surface area (TPSA) is 59.0 Å². The largest absolute Gasteiger partial charge is 0.315 e. The number of carbonyl (C=O) groups excluding carboxylic acids is 1. The minimum absolute atomic E-state index is 0.0901. The summed E-state index contributed by atoms with van der Waals surface area (Å²) in [6.45, 7) is 0. The Kier molecular flexibility index (Phi) is 2.48. The van der Waals surface area contributed by atoms with Crippen molar-refractivity contribution in [2.75, 3.05) is 11.9 Å². The Morgan fingerprint density at radius 3 is 3.00 bits per heavy atom. The molecule has 1 aliphatic rings. The SMILES string of the molecule is CN1C(=O)Cc2cc(-c3nncc(Cl)n3)ccc21. The molecular formula is C12H9ClN4O. The molecule has 0 saturated carbocycles. The van der Waals surface area contributed by atoms with E-state index in [0.29, 0.717) is 17.4 Å². The zero-order valence-corrected chi connectivity index (χ0v) is 10.3. The van der Waals surface area contributed by atoms with E-state index in [1.807, 2.05) is 18.2 Å². The van der Waals surface area contributed by atoms with Crippen molar-refractivity contribution in [1.82, 2.24) is 15.2 Å². The van der Waals surface area contributed by atoms with Crippen LogP contribution in [0.2, 0.25) is 5.15 Å². The van der Waals surface area contributed by atoms with Crippen molar-refractivity contribution in [3.05, 3.63) is 35.1 Å². The number of carbonyl (C=O) groups is 1. The highest BCUT2D eigenvalue weighted by atomic mass is 35.5. The third-order valence-corrected chi connectivity index (χ3v) is 3.13. The second-order valence-electron chi connectivity index (χ2n) is 4.08. The van der Waals surface area contributed by atoms with E-state index in [4.69, 9.17) is 11.6 Å². The minimum atomic E-state index is 0.0901. The van der Waals surface area contributed by atoms with E-state index in [9.17, 15) is 4.79 Å². The summed E-state index contributed by atoms with van der Waals surface area (Å²) in [4.78, 5) is 17.3. The molecule has 1 amide bonds. The molecule has 0 fully saturated rings. The predicted molar refractivity (Wildman–Crippen MR) is 67.4 cm³/mol. The van der Waals surface area contributed by atoms with E-state index in [-0.39, 0.29) is 5.91 Å². The minimum Gasteiger partial charge on any atom is -0.315 e. The second kappa shape index (κ2) is 4.03. The standard InChI is InChI=1S/C12H9ClN4O/c1-17-9-3-2-7(4-8(9)5-11(17)18)12-15-10(13)6-14-16-12/h2-4,6H,5H2,1H3. The van der Waals surface area contributed by atoms with Gasteiger partial charge in [-0.05, 0) is 23.8 Å². The Bertz CT molecular complexity index is 644. The van der Waals surface area contributed by atoms with E-state index in [1.54, 1.807) is 11.9 Å². The van der Waals surface area contributed by atoms with Gasteiger partial charge in [-0.25, -0.2) is 4.98 Å². The summed E-state index contributed by atoms with van der Waals surface area (Å²) < 4.78 is 0. The van der Waals surface area contributed by atoms with Crippen LogP contribution in [0.4, 0.5) is 5.69 Å². The first-order valence-corrected chi connectivity index (χ1v) is 5.78. The quantitative estimate of drug-likeness (QED) is 0.783. The van der Waals surface area contributed by atoms with Crippen molar-refractivity contribution in [1.29, 1.82) is 0 Å². The maximum absolute atomic E-state index is 11.6. The summed E-state index contributed by atoms with van der Waals surface area (Å²) in [5.74, 6) is 0.555. The summed E-state index contributed by atoms with van der Waals surface area (Å²) in [5.41, 5.74) is 2.72. The number of aromatic nitrogens is 3. The van der Waals surface area contributed by atoms with Gasteiger partial charge in [0.25, 0.3) is 0 Å². The first kappa shape index (κ1) is 11.1. The highest BCUT2D eigenvalue weighted by Crippen LogP contribution is 2.30. The van der Waals surface area contributed by atoms with Crippen molar-refractivity contribution >= 4 is 23.2 Å². The molecule has 0 unspecified atom stereocenters. The van der Waals surface area contributed by atoms with Gasteiger partial charge in [-0.1, -0.05) is 11.6 Å². The smallest absolute Gasteiger partial charge is 0.231 e. The van der Waals surface area contributed by atoms with E-state index < -0.39 is 0 Å². The summed E-state index contributed by atoms with van der Waals surface area (Å²) in [7, 11) is 1.77. The zero-order valence-electron chi connectivity index (χ0n) is 9.59. The highest BCUT2D eigenvalue weighted by molar-refractivity contribution is 6.29. The average Bonchev–Trinajstić information content (AvgIpc) is 2.65. The van der Waals surface area contributed by atoms with Crippen LogP contribution in [-0.4, -0.2) is 28.1 Å². The number of benzene rings is 1. The number of likely N-dealkylation sites (N-methyl/N-ethyl adjacent to an activating group) is 1. The molecule has 0 N–H and O–H groups in total. The molecule has 6 heteroatoms. The molecule has 0 radical (unpaired) electrons. The number of hydrogen-bond acceptors (Lipinski definition) is 4. The lowest BCUT2D eigenvalue weighted by molar-refractivity contribution is -0.117. The molecule has 0 atom stereocenters. The molecule has 0 aliphatic carbocycles. The van der Waals surface area contributed by atoms with Gasteiger partial charge in [0.1, 0.15) is 0 Å². The molecule has 0 saturated heterocycles. The van der Waals surface area contributed by atoms with Crippen LogP contribution in [0.5, 0.6) is 0 Å². The second-order valence-corrected chi connectivity index (χ2v) is 4.46. The van der Waals surface area contributed by atoms with Gasteiger partial charge in [-0.3, -0.25) is 4.79 Å². The number of hydrogen-bond donors (Lipinski definition) is 0. The van der Waals surface area contributed by atoms with Gasteiger partial charge in [-0.2, -0.15) is 5.10 Å². The third kappa shape index (κ3) is 1.73. The van der Waals surface area contributed by atoms with Crippen LogP contribution in [-0.2, 0) is 11.2 Å². The van der Waals surface area contributed by atoms with E-state index in [2.05, 4.69) is 15.2 Å². The zero-order chi connectivity index (χ0) is 12.7. The molecule has 0 bridgehead atoms. The Hall–Kier alpha value is -2.01. The lowest BCUT2D eigenvalue weighted by Gasteiger charge is -2.09. The Morgan fingerprint density at radius 1 is 1.39 bits per heavy atom. The number of anilines is 1. The summed E-state index contributed by atoms with van der Waals surface area (Å²) in [6.07, 6.45) is 1.80. The van der Waals surface area contributed by atoms with Crippen LogP contribution >= 0.6 is 11.6 Å².